The van der Waals surface area contributed by atoms with Crippen LogP contribution in [0.3, 0.4) is 0 Å². The lowest BCUT2D eigenvalue weighted by atomic mass is 9.96. The molecule has 3 aromatic carbocycles. The Bertz CT molecular complexity index is 1200. The second-order valence-corrected chi connectivity index (χ2v) is 9.43. The van der Waals surface area contributed by atoms with Gasteiger partial charge in [0.05, 0.1) is 18.3 Å². The van der Waals surface area contributed by atoms with Gasteiger partial charge in [0.1, 0.15) is 23.2 Å². The monoisotopic (exact) mass is 510 g/mol. The van der Waals surface area contributed by atoms with E-state index in [-0.39, 0.29) is 17.5 Å². The molecule has 2 amide bonds. The lowest BCUT2D eigenvalue weighted by Gasteiger charge is -2.32. The molecule has 1 atom stereocenters. The number of ether oxygens (including phenoxy) is 1. The summed E-state index contributed by atoms with van der Waals surface area (Å²) in [6, 6.07) is 14.5. The molecule has 1 N–H and O–H groups in total. The topological polar surface area (TPSA) is 41.6 Å². The smallest absolute Gasteiger partial charge is 0.322 e. The van der Waals surface area contributed by atoms with Gasteiger partial charge in [0, 0.05) is 18.2 Å². The molecule has 3 aromatic rings. The normalized spacial score (nSPS) is 14.9. The quantitative estimate of drug-likeness (QED) is 0.293. The Balaban J connectivity index is 1.62. The molecule has 0 spiro atoms. The summed E-state index contributed by atoms with van der Waals surface area (Å²) in [4.78, 5) is 15.2. The standard InChI is InChI=1S/C30H33F3N2O2/c1-2-3-4-5-6-17-35(30(36)34-27-16-14-24(32)20-26(27)33)28-8-7-18-37-29-19-22(11-15-25(28)29)21-9-12-23(31)13-10-21/h9-16,19-20,28H,2-8,17-18H2,1H3,(H,34,36)/t28-/m1/s1. The Hall–Kier alpha value is -3.48. The molecular formula is C30H33F3N2O2. The molecule has 4 rings (SSSR count). The summed E-state index contributed by atoms with van der Waals surface area (Å²) >= 11 is 0. The predicted molar refractivity (Wildman–Crippen MR) is 140 cm³/mol. The SMILES string of the molecule is CCCCCCCN(C(=O)Nc1ccc(F)cc1F)[C@@H]1CCCOc2cc(-c3ccc(F)cc3)ccc21. The van der Waals surface area contributed by atoms with E-state index in [4.69, 9.17) is 4.74 Å². The van der Waals surface area contributed by atoms with Crippen LogP contribution in [-0.4, -0.2) is 24.1 Å². The molecule has 196 valence electrons. The summed E-state index contributed by atoms with van der Waals surface area (Å²) in [5.74, 6) is -1.13. The molecule has 0 fully saturated rings. The molecule has 0 unspecified atom stereocenters. The van der Waals surface area contributed by atoms with Gasteiger partial charge in [0.15, 0.2) is 0 Å². The van der Waals surface area contributed by atoms with Crippen LogP contribution >= 0.6 is 0 Å². The van der Waals surface area contributed by atoms with Gasteiger partial charge in [0.25, 0.3) is 0 Å². The van der Waals surface area contributed by atoms with Gasteiger partial charge in [-0.3, -0.25) is 0 Å². The van der Waals surface area contributed by atoms with Crippen molar-refractivity contribution in [1.82, 2.24) is 4.90 Å². The van der Waals surface area contributed by atoms with E-state index < -0.39 is 17.7 Å². The van der Waals surface area contributed by atoms with Crippen LogP contribution in [0.5, 0.6) is 5.75 Å². The van der Waals surface area contributed by atoms with Crippen molar-refractivity contribution in [3.63, 3.8) is 0 Å². The molecule has 0 saturated heterocycles. The van der Waals surface area contributed by atoms with Crippen molar-refractivity contribution < 1.29 is 22.7 Å². The lowest BCUT2D eigenvalue weighted by molar-refractivity contribution is 0.181. The molecule has 4 nitrogen and oxygen atoms in total. The van der Waals surface area contributed by atoms with Gasteiger partial charge in [-0.25, -0.2) is 18.0 Å². The molecule has 7 heteroatoms. The number of benzene rings is 3. The van der Waals surface area contributed by atoms with E-state index in [2.05, 4.69) is 12.2 Å². The summed E-state index contributed by atoms with van der Waals surface area (Å²) in [5.41, 5.74) is 2.58. The van der Waals surface area contributed by atoms with Crippen LogP contribution in [0.1, 0.15) is 63.5 Å². The molecule has 0 aliphatic carbocycles. The highest BCUT2D eigenvalue weighted by molar-refractivity contribution is 5.90. The van der Waals surface area contributed by atoms with E-state index in [1.807, 2.05) is 18.2 Å². The largest absolute Gasteiger partial charge is 0.493 e. The number of urea groups is 1. The third-order valence-corrected chi connectivity index (χ3v) is 6.74. The van der Waals surface area contributed by atoms with Crippen molar-refractivity contribution >= 4 is 11.7 Å². The van der Waals surface area contributed by atoms with Crippen molar-refractivity contribution in [2.24, 2.45) is 0 Å². The van der Waals surface area contributed by atoms with Gasteiger partial charge in [-0.15, -0.1) is 0 Å². The first kappa shape index (κ1) is 26.6. The number of amides is 2. The predicted octanol–water partition coefficient (Wildman–Crippen LogP) is 8.49. The average Bonchev–Trinajstić information content (AvgIpc) is 3.10. The average molecular weight is 511 g/mol. The Labute approximate surface area is 216 Å². The van der Waals surface area contributed by atoms with Gasteiger partial charge in [-0.05, 0) is 60.7 Å². The number of nitrogens with one attached hydrogen (secondary N) is 1. The lowest BCUT2D eigenvalue weighted by Crippen LogP contribution is -2.39. The number of halogens is 3. The maximum Gasteiger partial charge on any atom is 0.322 e. The fourth-order valence-corrected chi connectivity index (χ4v) is 4.76. The number of nitrogens with zero attached hydrogens (tertiary/aromatic N) is 1. The minimum atomic E-state index is -0.815. The summed E-state index contributed by atoms with van der Waals surface area (Å²) in [5, 5.41) is 2.65. The van der Waals surface area contributed by atoms with Crippen LogP contribution < -0.4 is 10.1 Å². The number of hydrogen-bond acceptors (Lipinski definition) is 2. The first-order valence-corrected chi connectivity index (χ1v) is 13.0. The highest BCUT2D eigenvalue weighted by atomic mass is 19.1. The van der Waals surface area contributed by atoms with E-state index in [9.17, 15) is 18.0 Å². The number of unbranched alkanes of at least 4 members (excludes halogenated alkanes) is 4. The minimum absolute atomic E-state index is 0.0564. The fourth-order valence-electron chi connectivity index (χ4n) is 4.76. The summed E-state index contributed by atoms with van der Waals surface area (Å²) < 4.78 is 47.2. The molecule has 0 bridgehead atoms. The minimum Gasteiger partial charge on any atom is -0.493 e. The van der Waals surface area contributed by atoms with Gasteiger partial charge in [-0.1, -0.05) is 56.9 Å². The molecule has 1 aliphatic heterocycles. The zero-order valence-corrected chi connectivity index (χ0v) is 21.1. The van der Waals surface area contributed by atoms with E-state index >= 15 is 0 Å². The number of rotatable bonds is 9. The number of hydrogen-bond donors (Lipinski definition) is 1. The van der Waals surface area contributed by atoms with Gasteiger partial charge in [0.2, 0.25) is 0 Å². The van der Waals surface area contributed by atoms with Crippen LogP contribution in [-0.2, 0) is 0 Å². The summed E-state index contributed by atoms with van der Waals surface area (Å²) in [7, 11) is 0. The van der Waals surface area contributed by atoms with Crippen LogP contribution in [0, 0.1) is 17.5 Å². The van der Waals surface area contributed by atoms with Gasteiger partial charge >= 0.3 is 6.03 Å². The molecule has 0 saturated carbocycles. The first-order valence-electron chi connectivity index (χ1n) is 13.0. The number of fused-ring (bicyclic) bond motifs is 1. The molecule has 0 aromatic heterocycles. The molecule has 0 radical (unpaired) electrons. The van der Waals surface area contributed by atoms with E-state index in [0.717, 1.165) is 67.3 Å². The Kier molecular flexibility index (Phi) is 9.09. The second kappa shape index (κ2) is 12.7. The molecule has 1 heterocycles. The highest BCUT2D eigenvalue weighted by Gasteiger charge is 2.30. The fraction of sp³-hybridized carbons (Fsp3) is 0.367. The highest BCUT2D eigenvalue weighted by Crippen LogP contribution is 2.39. The summed E-state index contributed by atoms with van der Waals surface area (Å²) in [6.07, 6.45) is 6.59. The Morgan fingerprint density at radius 2 is 1.65 bits per heavy atom. The molecule has 1 aliphatic rings. The second-order valence-electron chi connectivity index (χ2n) is 9.43. The van der Waals surface area contributed by atoms with Crippen molar-refractivity contribution in [2.75, 3.05) is 18.5 Å². The zero-order chi connectivity index (χ0) is 26.2. The van der Waals surface area contributed by atoms with Gasteiger partial charge < -0.3 is 15.0 Å². The van der Waals surface area contributed by atoms with Crippen LogP contribution in [0.2, 0.25) is 0 Å². The third-order valence-electron chi connectivity index (χ3n) is 6.74. The van der Waals surface area contributed by atoms with Crippen molar-refractivity contribution in [2.45, 2.75) is 57.9 Å². The van der Waals surface area contributed by atoms with E-state index in [1.165, 1.54) is 18.2 Å². The van der Waals surface area contributed by atoms with E-state index in [1.54, 1.807) is 17.0 Å². The number of anilines is 1. The first-order chi connectivity index (χ1) is 18.0. The zero-order valence-electron chi connectivity index (χ0n) is 21.1. The third kappa shape index (κ3) is 6.85. The maximum atomic E-state index is 14.3. The van der Waals surface area contributed by atoms with Crippen molar-refractivity contribution in [1.29, 1.82) is 0 Å². The van der Waals surface area contributed by atoms with Crippen LogP contribution in [0.25, 0.3) is 11.1 Å². The molecule has 37 heavy (non-hydrogen) atoms. The van der Waals surface area contributed by atoms with Crippen LogP contribution in [0.15, 0.2) is 60.7 Å². The molecular weight excluding hydrogens is 477 g/mol. The maximum absolute atomic E-state index is 14.3. The van der Waals surface area contributed by atoms with Crippen molar-refractivity contribution in [3.8, 4) is 16.9 Å². The van der Waals surface area contributed by atoms with E-state index in [0.29, 0.717) is 25.3 Å². The Morgan fingerprint density at radius 3 is 2.41 bits per heavy atom. The number of carbonyl (C=O) groups is 1. The summed E-state index contributed by atoms with van der Waals surface area (Å²) in [6.45, 7) is 3.16. The number of carbonyl (C=O) groups excluding carboxylic acids is 1. The van der Waals surface area contributed by atoms with Gasteiger partial charge in [-0.2, -0.15) is 0 Å². The van der Waals surface area contributed by atoms with Crippen molar-refractivity contribution in [3.05, 3.63) is 83.7 Å². The Morgan fingerprint density at radius 1 is 0.919 bits per heavy atom. The van der Waals surface area contributed by atoms with Crippen LogP contribution in [0.4, 0.5) is 23.7 Å².